The molecule has 4 N–H and O–H groups in total. The topological polar surface area (TPSA) is 58.3 Å². The Hall–Kier alpha value is -0.930. The third-order valence-corrected chi connectivity index (χ3v) is 2.91. The number of para-hydroxylation sites is 1. The predicted octanol–water partition coefficient (Wildman–Crippen LogP) is 1.86. The van der Waals surface area contributed by atoms with Gasteiger partial charge in [-0.2, -0.15) is 0 Å². The summed E-state index contributed by atoms with van der Waals surface area (Å²) in [7, 11) is 0. The summed E-state index contributed by atoms with van der Waals surface area (Å²) in [5.41, 5.74) is 6.96. The molecule has 2 rings (SSSR count). The van der Waals surface area contributed by atoms with E-state index in [0.29, 0.717) is 10.7 Å². The number of hydrogen-bond donors (Lipinski definition) is 3. The van der Waals surface area contributed by atoms with Crippen LogP contribution >= 0.6 is 11.6 Å². The first-order valence-electron chi connectivity index (χ1n) is 4.60. The van der Waals surface area contributed by atoms with Crippen LogP contribution in [-0.2, 0) is 0 Å². The Morgan fingerprint density at radius 2 is 2.21 bits per heavy atom. The zero-order valence-corrected chi connectivity index (χ0v) is 8.51. The molecule has 0 atom stereocenters. The molecule has 0 heterocycles. The average molecular weight is 213 g/mol. The molecule has 0 aliphatic heterocycles. The average Bonchev–Trinajstić information content (AvgIpc) is 2.93. The van der Waals surface area contributed by atoms with Crippen molar-refractivity contribution < 1.29 is 5.11 Å². The molecule has 0 amide bonds. The molecule has 4 heteroatoms. The summed E-state index contributed by atoms with van der Waals surface area (Å²) in [4.78, 5) is 0. The molecule has 1 aliphatic carbocycles. The fraction of sp³-hybridized carbons (Fsp3) is 0.400. The van der Waals surface area contributed by atoms with E-state index < -0.39 is 0 Å². The van der Waals surface area contributed by atoms with E-state index >= 15 is 0 Å². The molecule has 0 unspecified atom stereocenters. The van der Waals surface area contributed by atoms with Gasteiger partial charge in [-0.25, -0.2) is 0 Å². The number of hydrogen-bond acceptors (Lipinski definition) is 3. The smallest absolute Gasteiger partial charge is 0.0768 e. The normalized spacial score (nSPS) is 17.9. The Kier molecular flexibility index (Phi) is 2.29. The van der Waals surface area contributed by atoms with Crippen LogP contribution < -0.4 is 11.1 Å². The maximum absolute atomic E-state index is 9.15. The van der Waals surface area contributed by atoms with E-state index in [0.717, 1.165) is 18.5 Å². The number of benzene rings is 1. The highest BCUT2D eigenvalue weighted by molar-refractivity contribution is 6.33. The van der Waals surface area contributed by atoms with Gasteiger partial charge in [0, 0.05) is 0 Å². The molecule has 3 nitrogen and oxygen atoms in total. The number of rotatable bonds is 3. The molecule has 0 aromatic heterocycles. The number of aliphatic hydroxyl groups excluding tert-OH is 1. The number of nitrogens with two attached hydrogens (primary N) is 1. The molecule has 0 radical (unpaired) electrons. The molecule has 0 bridgehead atoms. The van der Waals surface area contributed by atoms with Crippen LogP contribution in [0.2, 0.25) is 5.02 Å². The second-order valence-electron chi connectivity index (χ2n) is 3.77. The highest BCUT2D eigenvalue weighted by Crippen LogP contribution is 2.41. The molecular formula is C10H13ClN2O. The number of nitrogens with one attached hydrogen (secondary N) is 1. The van der Waals surface area contributed by atoms with Gasteiger partial charge in [-0.15, -0.1) is 0 Å². The van der Waals surface area contributed by atoms with E-state index in [4.69, 9.17) is 22.4 Å². The zero-order valence-electron chi connectivity index (χ0n) is 7.76. The lowest BCUT2D eigenvalue weighted by Gasteiger charge is -2.18. The van der Waals surface area contributed by atoms with Gasteiger partial charge in [-0.3, -0.25) is 0 Å². The molecule has 0 saturated heterocycles. The van der Waals surface area contributed by atoms with Crippen molar-refractivity contribution in [1.29, 1.82) is 0 Å². The van der Waals surface area contributed by atoms with Gasteiger partial charge in [-0.1, -0.05) is 17.7 Å². The van der Waals surface area contributed by atoms with Crippen LogP contribution in [-0.4, -0.2) is 17.3 Å². The first kappa shape index (κ1) is 9.62. The van der Waals surface area contributed by atoms with Crippen LogP contribution in [0.4, 0.5) is 11.4 Å². The first-order valence-corrected chi connectivity index (χ1v) is 4.98. The highest BCUT2D eigenvalue weighted by Gasteiger charge is 2.42. The van der Waals surface area contributed by atoms with E-state index in [1.165, 1.54) is 0 Å². The summed E-state index contributed by atoms with van der Waals surface area (Å²) in [6, 6.07) is 5.39. The summed E-state index contributed by atoms with van der Waals surface area (Å²) < 4.78 is 0. The molecule has 1 aromatic rings. The summed E-state index contributed by atoms with van der Waals surface area (Å²) in [5, 5.41) is 13.0. The predicted molar refractivity (Wildman–Crippen MR) is 58.5 cm³/mol. The SMILES string of the molecule is Nc1cccc(Cl)c1NC1(CO)CC1. The number of aliphatic hydroxyl groups is 1. The van der Waals surface area contributed by atoms with Gasteiger partial charge in [0.1, 0.15) is 0 Å². The molecule has 1 aromatic carbocycles. The van der Waals surface area contributed by atoms with Gasteiger partial charge in [0.05, 0.1) is 28.5 Å². The van der Waals surface area contributed by atoms with Gasteiger partial charge < -0.3 is 16.2 Å². The van der Waals surface area contributed by atoms with Crippen LogP contribution in [0, 0.1) is 0 Å². The van der Waals surface area contributed by atoms with E-state index in [9.17, 15) is 0 Å². The Balaban J connectivity index is 2.24. The largest absolute Gasteiger partial charge is 0.397 e. The standard InChI is InChI=1S/C10H13ClN2O/c11-7-2-1-3-8(12)9(7)13-10(6-14)4-5-10/h1-3,13-14H,4-6,12H2. The van der Waals surface area contributed by atoms with Crippen molar-refractivity contribution in [3.8, 4) is 0 Å². The molecule has 76 valence electrons. The van der Waals surface area contributed by atoms with E-state index in [1.54, 1.807) is 18.2 Å². The molecule has 14 heavy (non-hydrogen) atoms. The number of anilines is 2. The van der Waals surface area contributed by atoms with Crippen LogP contribution in [0.5, 0.6) is 0 Å². The second-order valence-corrected chi connectivity index (χ2v) is 4.17. The fourth-order valence-electron chi connectivity index (χ4n) is 1.41. The summed E-state index contributed by atoms with van der Waals surface area (Å²) in [5.74, 6) is 0. The minimum atomic E-state index is -0.181. The summed E-state index contributed by atoms with van der Waals surface area (Å²) in [6.07, 6.45) is 1.93. The lowest BCUT2D eigenvalue weighted by atomic mass is 10.2. The lowest BCUT2D eigenvalue weighted by molar-refractivity contribution is 0.266. The maximum atomic E-state index is 9.15. The van der Waals surface area contributed by atoms with Crippen LogP contribution in [0.3, 0.4) is 0 Å². The number of halogens is 1. The van der Waals surface area contributed by atoms with Crippen LogP contribution in [0.1, 0.15) is 12.8 Å². The second kappa shape index (κ2) is 3.33. The quantitative estimate of drug-likeness (QED) is 0.671. The molecule has 0 spiro atoms. The lowest BCUT2D eigenvalue weighted by Crippen LogP contribution is -2.26. The summed E-state index contributed by atoms with van der Waals surface area (Å²) >= 11 is 6.00. The molecule has 1 fully saturated rings. The highest BCUT2D eigenvalue weighted by atomic mass is 35.5. The van der Waals surface area contributed by atoms with Crippen LogP contribution in [0.15, 0.2) is 18.2 Å². The Bertz CT molecular complexity index is 330. The molecule has 1 saturated carbocycles. The Morgan fingerprint density at radius 1 is 1.50 bits per heavy atom. The van der Waals surface area contributed by atoms with Crippen molar-refractivity contribution >= 4 is 23.0 Å². The first-order chi connectivity index (χ1) is 6.67. The van der Waals surface area contributed by atoms with Crippen LogP contribution in [0.25, 0.3) is 0 Å². The van der Waals surface area contributed by atoms with Crippen molar-refractivity contribution in [2.45, 2.75) is 18.4 Å². The zero-order chi connectivity index (χ0) is 10.2. The minimum Gasteiger partial charge on any atom is -0.397 e. The summed E-state index contributed by atoms with van der Waals surface area (Å²) in [6.45, 7) is 0.123. The van der Waals surface area contributed by atoms with Gasteiger partial charge in [-0.05, 0) is 25.0 Å². The van der Waals surface area contributed by atoms with Crippen molar-refractivity contribution in [1.82, 2.24) is 0 Å². The Morgan fingerprint density at radius 3 is 2.71 bits per heavy atom. The third kappa shape index (κ3) is 1.65. The molecule has 1 aliphatic rings. The van der Waals surface area contributed by atoms with Gasteiger partial charge in [0.2, 0.25) is 0 Å². The Labute approximate surface area is 87.9 Å². The monoisotopic (exact) mass is 212 g/mol. The molecular weight excluding hydrogens is 200 g/mol. The van der Waals surface area contributed by atoms with E-state index in [-0.39, 0.29) is 12.1 Å². The van der Waals surface area contributed by atoms with Gasteiger partial charge in [0.15, 0.2) is 0 Å². The van der Waals surface area contributed by atoms with Crippen molar-refractivity contribution in [3.05, 3.63) is 23.2 Å². The third-order valence-electron chi connectivity index (χ3n) is 2.59. The van der Waals surface area contributed by atoms with Crippen molar-refractivity contribution in [2.24, 2.45) is 0 Å². The van der Waals surface area contributed by atoms with Crippen molar-refractivity contribution in [2.75, 3.05) is 17.7 Å². The van der Waals surface area contributed by atoms with Gasteiger partial charge >= 0.3 is 0 Å². The van der Waals surface area contributed by atoms with Gasteiger partial charge in [0.25, 0.3) is 0 Å². The maximum Gasteiger partial charge on any atom is 0.0768 e. The van der Waals surface area contributed by atoms with E-state index in [1.807, 2.05) is 0 Å². The number of nitrogen functional groups attached to an aromatic ring is 1. The minimum absolute atomic E-state index is 0.123. The van der Waals surface area contributed by atoms with Crippen molar-refractivity contribution in [3.63, 3.8) is 0 Å². The fourth-order valence-corrected chi connectivity index (χ4v) is 1.64. The van der Waals surface area contributed by atoms with E-state index in [2.05, 4.69) is 5.32 Å².